The van der Waals surface area contributed by atoms with Crippen LogP contribution in [0.1, 0.15) is 40.0 Å². The number of likely N-dealkylation sites (tertiary alicyclic amines) is 1. The Labute approximate surface area is 99.4 Å². The maximum Gasteiger partial charge on any atom is 0.226 e. The molecule has 1 amide bonds. The molecule has 0 saturated carbocycles. The molecule has 0 aliphatic carbocycles. The predicted octanol–water partition coefficient (Wildman–Crippen LogP) is 1.87. The van der Waals surface area contributed by atoms with Crippen LogP contribution in [0.5, 0.6) is 0 Å². The summed E-state index contributed by atoms with van der Waals surface area (Å²) in [5, 5.41) is 0. The third kappa shape index (κ3) is 3.21. The van der Waals surface area contributed by atoms with Crippen LogP contribution in [0.3, 0.4) is 0 Å². The molecule has 2 atom stereocenters. The number of carbonyl (C=O) groups is 1. The number of nitrogens with zero attached hydrogens (tertiary/aromatic N) is 1. The summed E-state index contributed by atoms with van der Waals surface area (Å²) >= 11 is 0. The van der Waals surface area contributed by atoms with Gasteiger partial charge < -0.3 is 10.6 Å². The van der Waals surface area contributed by atoms with E-state index in [1.807, 2.05) is 4.90 Å². The highest BCUT2D eigenvalue weighted by atomic mass is 16.2. The third-order valence-corrected chi connectivity index (χ3v) is 3.75. The summed E-state index contributed by atoms with van der Waals surface area (Å²) in [6.45, 7) is 8.96. The van der Waals surface area contributed by atoms with Gasteiger partial charge in [-0.15, -0.1) is 0 Å². The fourth-order valence-corrected chi connectivity index (χ4v) is 2.48. The van der Waals surface area contributed by atoms with E-state index in [9.17, 15) is 4.79 Å². The molecule has 16 heavy (non-hydrogen) atoms. The quantitative estimate of drug-likeness (QED) is 0.778. The minimum atomic E-state index is 0.0518. The van der Waals surface area contributed by atoms with Crippen LogP contribution in [0, 0.1) is 17.8 Å². The summed E-state index contributed by atoms with van der Waals surface area (Å²) in [5.41, 5.74) is 5.67. The fourth-order valence-electron chi connectivity index (χ4n) is 2.48. The molecule has 1 heterocycles. The SMILES string of the molecule is CCCC(CN)C(=O)N1CCC(C(C)C)C1. The molecule has 0 aromatic heterocycles. The first-order valence-electron chi connectivity index (χ1n) is 6.59. The molecule has 0 aromatic carbocycles. The number of hydrogen-bond donors (Lipinski definition) is 1. The van der Waals surface area contributed by atoms with Gasteiger partial charge in [0, 0.05) is 19.6 Å². The van der Waals surface area contributed by atoms with Gasteiger partial charge in [0.25, 0.3) is 0 Å². The van der Waals surface area contributed by atoms with Crippen molar-refractivity contribution in [1.29, 1.82) is 0 Å². The lowest BCUT2D eigenvalue weighted by atomic mass is 9.95. The summed E-state index contributed by atoms with van der Waals surface area (Å²) in [6.07, 6.45) is 3.13. The second-order valence-electron chi connectivity index (χ2n) is 5.30. The Bertz CT molecular complexity index is 228. The van der Waals surface area contributed by atoms with Crippen LogP contribution in [0.2, 0.25) is 0 Å². The zero-order valence-electron chi connectivity index (χ0n) is 10.9. The second kappa shape index (κ2) is 6.24. The van der Waals surface area contributed by atoms with Crippen molar-refractivity contribution in [2.45, 2.75) is 40.0 Å². The lowest BCUT2D eigenvalue weighted by molar-refractivity contribution is -0.134. The maximum atomic E-state index is 12.2. The fraction of sp³-hybridized carbons (Fsp3) is 0.923. The summed E-state index contributed by atoms with van der Waals surface area (Å²) in [6, 6.07) is 0. The first-order chi connectivity index (χ1) is 7.60. The van der Waals surface area contributed by atoms with Crippen LogP contribution in [0.25, 0.3) is 0 Å². The normalized spacial score (nSPS) is 22.8. The van der Waals surface area contributed by atoms with Gasteiger partial charge in [0.05, 0.1) is 5.92 Å². The largest absolute Gasteiger partial charge is 0.342 e. The van der Waals surface area contributed by atoms with Gasteiger partial charge in [0.15, 0.2) is 0 Å². The van der Waals surface area contributed by atoms with Gasteiger partial charge >= 0.3 is 0 Å². The van der Waals surface area contributed by atoms with E-state index in [1.54, 1.807) is 0 Å². The molecular weight excluding hydrogens is 200 g/mol. The van der Waals surface area contributed by atoms with Crippen molar-refractivity contribution < 1.29 is 4.79 Å². The second-order valence-corrected chi connectivity index (χ2v) is 5.30. The lowest BCUT2D eigenvalue weighted by Crippen LogP contribution is -2.38. The number of hydrogen-bond acceptors (Lipinski definition) is 2. The van der Waals surface area contributed by atoms with E-state index in [2.05, 4.69) is 20.8 Å². The van der Waals surface area contributed by atoms with Crippen LogP contribution in [-0.2, 0) is 4.79 Å². The van der Waals surface area contributed by atoms with E-state index in [-0.39, 0.29) is 11.8 Å². The van der Waals surface area contributed by atoms with Crippen molar-refractivity contribution in [2.75, 3.05) is 19.6 Å². The van der Waals surface area contributed by atoms with Crippen molar-refractivity contribution in [2.24, 2.45) is 23.5 Å². The highest BCUT2D eigenvalue weighted by molar-refractivity contribution is 5.79. The Morgan fingerprint density at radius 1 is 1.50 bits per heavy atom. The van der Waals surface area contributed by atoms with Gasteiger partial charge in [-0.05, 0) is 24.7 Å². The molecule has 1 rings (SSSR count). The van der Waals surface area contributed by atoms with Crippen LogP contribution in [0.15, 0.2) is 0 Å². The lowest BCUT2D eigenvalue weighted by Gasteiger charge is -2.23. The van der Waals surface area contributed by atoms with Gasteiger partial charge in [-0.1, -0.05) is 27.2 Å². The van der Waals surface area contributed by atoms with Crippen LogP contribution in [-0.4, -0.2) is 30.4 Å². The zero-order chi connectivity index (χ0) is 12.1. The van der Waals surface area contributed by atoms with Crippen LogP contribution in [0.4, 0.5) is 0 Å². The highest BCUT2D eigenvalue weighted by Crippen LogP contribution is 2.25. The van der Waals surface area contributed by atoms with Crippen molar-refractivity contribution in [3.8, 4) is 0 Å². The Morgan fingerprint density at radius 3 is 2.62 bits per heavy atom. The molecular formula is C13H26N2O. The van der Waals surface area contributed by atoms with E-state index in [4.69, 9.17) is 5.73 Å². The van der Waals surface area contributed by atoms with Crippen molar-refractivity contribution in [3.63, 3.8) is 0 Å². The molecule has 0 aromatic rings. The number of amides is 1. The van der Waals surface area contributed by atoms with E-state index in [0.29, 0.717) is 18.4 Å². The molecule has 1 saturated heterocycles. The predicted molar refractivity (Wildman–Crippen MR) is 67.0 cm³/mol. The smallest absolute Gasteiger partial charge is 0.226 e. The molecule has 3 heteroatoms. The van der Waals surface area contributed by atoms with Gasteiger partial charge in [0.2, 0.25) is 5.91 Å². The first kappa shape index (κ1) is 13.5. The number of rotatable bonds is 5. The van der Waals surface area contributed by atoms with Gasteiger partial charge in [-0.25, -0.2) is 0 Å². The molecule has 0 bridgehead atoms. The molecule has 1 fully saturated rings. The molecule has 0 spiro atoms. The van der Waals surface area contributed by atoms with Crippen LogP contribution < -0.4 is 5.73 Å². The Hall–Kier alpha value is -0.570. The minimum absolute atomic E-state index is 0.0518. The zero-order valence-corrected chi connectivity index (χ0v) is 10.9. The average Bonchev–Trinajstić information content (AvgIpc) is 2.74. The summed E-state index contributed by atoms with van der Waals surface area (Å²) in [4.78, 5) is 14.2. The maximum absolute atomic E-state index is 12.2. The molecule has 94 valence electrons. The van der Waals surface area contributed by atoms with E-state index >= 15 is 0 Å². The number of nitrogens with two attached hydrogens (primary N) is 1. The Kier molecular flexibility index (Phi) is 5.26. The van der Waals surface area contributed by atoms with Crippen molar-refractivity contribution in [3.05, 3.63) is 0 Å². The van der Waals surface area contributed by atoms with Crippen molar-refractivity contribution in [1.82, 2.24) is 4.90 Å². The van der Waals surface area contributed by atoms with Gasteiger partial charge in [-0.3, -0.25) is 4.79 Å². The molecule has 3 nitrogen and oxygen atoms in total. The molecule has 2 N–H and O–H groups in total. The Morgan fingerprint density at radius 2 is 2.19 bits per heavy atom. The minimum Gasteiger partial charge on any atom is -0.342 e. The summed E-state index contributed by atoms with van der Waals surface area (Å²) < 4.78 is 0. The Balaban J connectivity index is 2.49. The summed E-state index contributed by atoms with van der Waals surface area (Å²) in [7, 11) is 0. The molecule has 1 aliphatic rings. The third-order valence-electron chi connectivity index (χ3n) is 3.75. The van der Waals surface area contributed by atoms with Crippen molar-refractivity contribution >= 4 is 5.91 Å². The first-order valence-corrected chi connectivity index (χ1v) is 6.59. The van der Waals surface area contributed by atoms with E-state index < -0.39 is 0 Å². The standard InChI is InChI=1S/C13H26N2O/c1-4-5-11(8-14)13(16)15-7-6-12(9-15)10(2)3/h10-12H,4-9,14H2,1-3H3. The topological polar surface area (TPSA) is 46.3 Å². The summed E-state index contributed by atoms with van der Waals surface area (Å²) in [5.74, 6) is 1.70. The number of carbonyl (C=O) groups excluding carboxylic acids is 1. The van der Waals surface area contributed by atoms with Gasteiger partial charge in [0.1, 0.15) is 0 Å². The van der Waals surface area contributed by atoms with E-state index in [0.717, 1.165) is 32.4 Å². The highest BCUT2D eigenvalue weighted by Gasteiger charge is 2.30. The van der Waals surface area contributed by atoms with E-state index in [1.165, 1.54) is 0 Å². The van der Waals surface area contributed by atoms with Crippen LogP contribution >= 0.6 is 0 Å². The monoisotopic (exact) mass is 226 g/mol. The van der Waals surface area contributed by atoms with Gasteiger partial charge in [-0.2, -0.15) is 0 Å². The average molecular weight is 226 g/mol. The molecule has 2 unspecified atom stereocenters. The molecule has 1 aliphatic heterocycles. The molecule has 0 radical (unpaired) electrons.